The maximum Gasteiger partial charge on any atom is 0.0810 e. The first-order valence-corrected chi connectivity index (χ1v) is 8.13. The Kier molecular flexibility index (Phi) is 7.14. The molecule has 0 saturated heterocycles. The first-order valence-electron chi connectivity index (χ1n) is 8.13. The molecule has 2 atom stereocenters. The van der Waals surface area contributed by atoms with Gasteiger partial charge in [-0.3, -0.25) is 0 Å². The molecule has 2 aromatic carbocycles. The van der Waals surface area contributed by atoms with Crippen molar-refractivity contribution >= 4 is 0 Å². The Morgan fingerprint density at radius 1 is 0.864 bits per heavy atom. The molecule has 0 fully saturated rings. The molecule has 2 heteroatoms. The molecular formula is C20H26O2. The predicted octanol–water partition coefficient (Wildman–Crippen LogP) is 4.37. The van der Waals surface area contributed by atoms with Gasteiger partial charge in [0.1, 0.15) is 0 Å². The van der Waals surface area contributed by atoms with Gasteiger partial charge in [0.05, 0.1) is 18.8 Å². The van der Waals surface area contributed by atoms with E-state index in [0.29, 0.717) is 6.61 Å². The third-order valence-corrected chi connectivity index (χ3v) is 3.96. The van der Waals surface area contributed by atoms with Crippen molar-refractivity contribution in [3.63, 3.8) is 0 Å². The fraction of sp³-hybridized carbons (Fsp3) is 0.400. The quantitative estimate of drug-likeness (QED) is 0.697. The summed E-state index contributed by atoms with van der Waals surface area (Å²) in [6, 6.07) is 20.6. The van der Waals surface area contributed by atoms with E-state index in [1.807, 2.05) is 43.3 Å². The molecule has 0 saturated carbocycles. The Labute approximate surface area is 133 Å². The van der Waals surface area contributed by atoms with Gasteiger partial charge in [-0.25, -0.2) is 0 Å². The zero-order chi connectivity index (χ0) is 15.6. The molecule has 2 rings (SSSR count). The summed E-state index contributed by atoms with van der Waals surface area (Å²) in [7, 11) is 0. The van der Waals surface area contributed by atoms with Gasteiger partial charge >= 0.3 is 0 Å². The van der Waals surface area contributed by atoms with Crippen molar-refractivity contribution in [3.8, 4) is 0 Å². The number of aryl methyl sites for hydroxylation is 1. The minimum atomic E-state index is -0.389. The van der Waals surface area contributed by atoms with Crippen molar-refractivity contribution in [2.45, 2.75) is 51.4 Å². The van der Waals surface area contributed by atoms with Crippen molar-refractivity contribution in [1.29, 1.82) is 0 Å². The van der Waals surface area contributed by atoms with Crippen molar-refractivity contribution < 1.29 is 9.84 Å². The maximum atomic E-state index is 10.2. The van der Waals surface area contributed by atoms with Crippen LogP contribution in [0.4, 0.5) is 0 Å². The number of rotatable bonds is 9. The Bertz CT molecular complexity index is 510. The number of aliphatic hydroxyl groups excluding tert-OH is 1. The first kappa shape index (κ1) is 16.7. The SMILES string of the molecule is C[C@H](OCc1ccccc1)[C@@H](O)CCCCc1ccccc1. The summed E-state index contributed by atoms with van der Waals surface area (Å²) in [5, 5.41) is 10.2. The summed E-state index contributed by atoms with van der Waals surface area (Å²) >= 11 is 0. The molecular weight excluding hydrogens is 272 g/mol. The van der Waals surface area contributed by atoms with Crippen LogP contribution in [0.25, 0.3) is 0 Å². The van der Waals surface area contributed by atoms with Gasteiger partial charge in [-0.15, -0.1) is 0 Å². The van der Waals surface area contributed by atoms with Gasteiger partial charge in [-0.05, 0) is 37.3 Å². The lowest BCUT2D eigenvalue weighted by Crippen LogP contribution is -2.25. The van der Waals surface area contributed by atoms with Gasteiger partial charge in [0.15, 0.2) is 0 Å². The second kappa shape index (κ2) is 9.39. The van der Waals surface area contributed by atoms with Crippen LogP contribution >= 0.6 is 0 Å². The lowest BCUT2D eigenvalue weighted by molar-refractivity contribution is -0.0387. The smallest absolute Gasteiger partial charge is 0.0810 e. The van der Waals surface area contributed by atoms with E-state index in [4.69, 9.17) is 4.74 Å². The Balaban J connectivity index is 1.61. The van der Waals surface area contributed by atoms with Crippen LogP contribution in [0, 0.1) is 0 Å². The lowest BCUT2D eigenvalue weighted by Gasteiger charge is -2.19. The van der Waals surface area contributed by atoms with Gasteiger partial charge in [0, 0.05) is 0 Å². The minimum Gasteiger partial charge on any atom is -0.390 e. The summed E-state index contributed by atoms with van der Waals surface area (Å²) in [6.07, 6.45) is 3.48. The number of hydrogen-bond donors (Lipinski definition) is 1. The molecule has 0 bridgehead atoms. The van der Waals surface area contributed by atoms with Gasteiger partial charge in [-0.2, -0.15) is 0 Å². The van der Waals surface area contributed by atoms with E-state index in [1.165, 1.54) is 5.56 Å². The fourth-order valence-corrected chi connectivity index (χ4v) is 2.47. The van der Waals surface area contributed by atoms with Gasteiger partial charge < -0.3 is 9.84 Å². The van der Waals surface area contributed by atoms with Gasteiger partial charge in [0.2, 0.25) is 0 Å². The molecule has 0 unspecified atom stereocenters. The highest BCUT2D eigenvalue weighted by Crippen LogP contribution is 2.12. The fourth-order valence-electron chi connectivity index (χ4n) is 2.47. The van der Waals surface area contributed by atoms with E-state index in [2.05, 4.69) is 24.3 Å². The summed E-state index contributed by atoms with van der Waals surface area (Å²) < 4.78 is 5.76. The Morgan fingerprint density at radius 3 is 2.09 bits per heavy atom. The lowest BCUT2D eigenvalue weighted by atomic mass is 10.0. The molecule has 0 aliphatic rings. The van der Waals surface area contributed by atoms with E-state index < -0.39 is 0 Å². The highest BCUT2D eigenvalue weighted by Gasteiger charge is 2.14. The number of benzene rings is 2. The van der Waals surface area contributed by atoms with Crippen LogP contribution in [0.2, 0.25) is 0 Å². The number of ether oxygens (including phenoxy) is 1. The molecule has 0 spiro atoms. The largest absolute Gasteiger partial charge is 0.390 e. The van der Waals surface area contributed by atoms with Crippen LogP contribution in [0.15, 0.2) is 60.7 Å². The molecule has 0 radical (unpaired) electrons. The van der Waals surface area contributed by atoms with E-state index in [1.54, 1.807) is 0 Å². The van der Waals surface area contributed by atoms with E-state index in [9.17, 15) is 5.11 Å². The normalized spacial score (nSPS) is 13.7. The topological polar surface area (TPSA) is 29.5 Å². The molecule has 2 aromatic rings. The summed E-state index contributed by atoms with van der Waals surface area (Å²) in [5.74, 6) is 0. The number of aliphatic hydroxyl groups is 1. The van der Waals surface area contributed by atoms with Gasteiger partial charge in [-0.1, -0.05) is 67.1 Å². The van der Waals surface area contributed by atoms with Gasteiger partial charge in [0.25, 0.3) is 0 Å². The third-order valence-electron chi connectivity index (χ3n) is 3.96. The molecule has 2 nitrogen and oxygen atoms in total. The molecule has 0 aliphatic heterocycles. The summed E-state index contributed by atoms with van der Waals surface area (Å²) in [5.41, 5.74) is 2.51. The first-order chi connectivity index (χ1) is 10.8. The zero-order valence-electron chi connectivity index (χ0n) is 13.3. The number of unbranched alkanes of at least 4 members (excludes halogenated alkanes) is 1. The maximum absolute atomic E-state index is 10.2. The summed E-state index contributed by atoms with van der Waals surface area (Å²) in [4.78, 5) is 0. The second-order valence-corrected chi connectivity index (χ2v) is 5.80. The van der Waals surface area contributed by atoms with Crippen molar-refractivity contribution in [2.75, 3.05) is 0 Å². The zero-order valence-corrected chi connectivity index (χ0v) is 13.3. The van der Waals surface area contributed by atoms with Crippen LogP contribution in [0.5, 0.6) is 0 Å². The second-order valence-electron chi connectivity index (χ2n) is 5.80. The Hall–Kier alpha value is -1.64. The molecule has 22 heavy (non-hydrogen) atoms. The van der Waals surface area contributed by atoms with E-state index >= 15 is 0 Å². The van der Waals surface area contributed by atoms with Crippen molar-refractivity contribution in [2.24, 2.45) is 0 Å². The minimum absolute atomic E-state index is 0.128. The molecule has 0 aliphatic carbocycles. The standard InChI is InChI=1S/C20H26O2/c1-17(22-16-19-13-6-3-7-14-19)20(21)15-9-8-12-18-10-4-2-5-11-18/h2-7,10-11,13-14,17,20-21H,8-9,12,15-16H2,1H3/t17-,20-/m0/s1. The summed E-state index contributed by atoms with van der Waals surface area (Å²) in [6.45, 7) is 2.51. The molecule has 0 amide bonds. The van der Waals surface area contributed by atoms with Crippen molar-refractivity contribution in [3.05, 3.63) is 71.8 Å². The molecule has 0 aromatic heterocycles. The molecule has 1 N–H and O–H groups in total. The average molecular weight is 298 g/mol. The van der Waals surface area contributed by atoms with Crippen LogP contribution in [-0.2, 0) is 17.8 Å². The predicted molar refractivity (Wildman–Crippen MR) is 90.7 cm³/mol. The molecule has 0 heterocycles. The third kappa shape index (κ3) is 6.00. The monoisotopic (exact) mass is 298 g/mol. The highest BCUT2D eigenvalue weighted by atomic mass is 16.5. The van der Waals surface area contributed by atoms with Crippen LogP contribution in [0.3, 0.4) is 0 Å². The molecule has 118 valence electrons. The number of hydrogen-bond acceptors (Lipinski definition) is 2. The van der Waals surface area contributed by atoms with E-state index in [-0.39, 0.29) is 12.2 Å². The van der Waals surface area contributed by atoms with Crippen LogP contribution < -0.4 is 0 Å². The Morgan fingerprint density at radius 2 is 1.45 bits per heavy atom. The van der Waals surface area contributed by atoms with Crippen molar-refractivity contribution in [1.82, 2.24) is 0 Å². The van der Waals surface area contributed by atoms with Crippen LogP contribution in [-0.4, -0.2) is 17.3 Å². The van der Waals surface area contributed by atoms with Crippen LogP contribution in [0.1, 0.15) is 37.3 Å². The van der Waals surface area contributed by atoms with E-state index in [0.717, 1.165) is 31.2 Å². The highest BCUT2D eigenvalue weighted by molar-refractivity contribution is 5.14. The average Bonchev–Trinajstić information content (AvgIpc) is 2.58.